The fourth-order valence-electron chi connectivity index (χ4n) is 4.24. The van der Waals surface area contributed by atoms with E-state index < -0.39 is 0 Å². The molecule has 1 aliphatic carbocycles. The van der Waals surface area contributed by atoms with Crippen molar-refractivity contribution >= 4 is 35.8 Å². The molecule has 2 atom stereocenters. The number of hydrogen-bond donors (Lipinski definition) is 2. The Morgan fingerprint density at radius 2 is 1.81 bits per heavy atom. The maximum absolute atomic E-state index is 5.82. The Bertz CT molecular complexity index is 844. The molecule has 0 spiro atoms. The van der Waals surface area contributed by atoms with Gasteiger partial charge in [0.2, 0.25) is 0 Å². The zero-order valence-corrected chi connectivity index (χ0v) is 21.0. The first kappa shape index (κ1) is 23.8. The summed E-state index contributed by atoms with van der Waals surface area (Å²) >= 11 is 0. The summed E-state index contributed by atoms with van der Waals surface area (Å²) in [5.74, 6) is 1.85. The largest absolute Gasteiger partial charge is 0.372 e. The molecule has 31 heavy (non-hydrogen) atoms. The fraction of sp³-hybridized carbons (Fsp3) is 0.500. The van der Waals surface area contributed by atoms with Gasteiger partial charge in [-0.15, -0.1) is 24.0 Å². The van der Waals surface area contributed by atoms with Gasteiger partial charge >= 0.3 is 0 Å². The summed E-state index contributed by atoms with van der Waals surface area (Å²) < 4.78 is 5.82. The highest BCUT2D eigenvalue weighted by molar-refractivity contribution is 14.0. The highest BCUT2D eigenvalue weighted by Crippen LogP contribution is 2.47. The second kappa shape index (κ2) is 10.6. The van der Waals surface area contributed by atoms with Crippen molar-refractivity contribution in [2.45, 2.75) is 50.9 Å². The Labute approximate surface area is 202 Å². The number of aliphatic imine (C=N–C) groups is 1. The number of aromatic nitrogens is 1. The molecule has 2 unspecified atom stereocenters. The van der Waals surface area contributed by atoms with Gasteiger partial charge in [-0.2, -0.15) is 0 Å². The molecular weight excluding hydrogens is 501 g/mol. The van der Waals surface area contributed by atoms with Crippen molar-refractivity contribution in [3.63, 3.8) is 0 Å². The van der Waals surface area contributed by atoms with Crippen LogP contribution in [0.2, 0.25) is 0 Å². The predicted molar refractivity (Wildman–Crippen MR) is 137 cm³/mol. The first-order valence-electron chi connectivity index (χ1n) is 10.9. The average molecular weight is 535 g/mol. The van der Waals surface area contributed by atoms with E-state index in [0.29, 0.717) is 6.54 Å². The van der Waals surface area contributed by atoms with Gasteiger partial charge in [-0.25, -0.2) is 4.98 Å². The first-order valence-corrected chi connectivity index (χ1v) is 10.9. The van der Waals surface area contributed by atoms with Crippen molar-refractivity contribution in [3.8, 4) is 0 Å². The quantitative estimate of drug-likeness (QED) is 0.336. The van der Waals surface area contributed by atoms with Crippen LogP contribution in [0.3, 0.4) is 0 Å². The van der Waals surface area contributed by atoms with E-state index >= 15 is 0 Å². The summed E-state index contributed by atoms with van der Waals surface area (Å²) in [6.45, 7) is 7.60. The number of nitrogens with one attached hydrogen (secondary N) is 2. The van der Waals surface area contributed by atoms with Crippen LogP contribution in [-0.4, -0.2) is 49.8 Å². The molecule has 6 nitrogen and oxygen atoms in total. The van der Waals surface area contributed by atoms with Crippen LogP contribution in [0.5, 0.6) is 0 Å². The summed E-state index contributed by atoms with van der Waals surface area (Å²) in [7, 11) is 1.82. The number of guanidine groups is 1. The van der Waals surface area contributed by atoms with E-state index in [-0.39, 0.29) is 41.6 Å². The van der Waals surface area contributed by atoms with Gasteiger partial charge in [0.15, 0.2) is 5.96 Å². The van der Waals surface area contributed by atoms with E-state index in [0.717, 1.165) is 37.0 Å². The van der Waals surface area contributed by atoms with Crippen molar-refractivity contribution < 1.29 is 4.74 Å². The van der Waals surface area contributed by atoms with Crippen molar-refractivity contribution in [1.29, 1.82) is 0 Å². The third-order valence-electron chi connectivity index (χ3n) is 6.07. The number of morpholine rings is 1. The summed E-state index contributed by atoms with van der Waals surface area (Å²) in [5.41, 5.74) is 2.81. The molecule has 1 aliphatic heterocycles. The molecule has 2 aliphatic rings. The summed E-state index contributed by atoms with van der Waals surface area (Å²) in [5, 5.41) is 6.93. The fourth-order valence-corrected chi connectivity index (χ4v) is 4.24. The number of hydrogen-bond acceptors (Lipinski definition) is 4. The minimum Gasteiger partial charge on any atom is -0.372 e. The number of anilines is 1. The lowest BCUT2D eigenvalue weighted by molar-refractivity contribution is -0.00545. The second-order valence-electron chi connectivity index (χ2n) is 8.61. The molecule has 0 amide bonds. The third-order valence-corrected chi connectivity index (χ3v) is 6.07. The summed E-state index contributed by atoms with van der Waals surface area (Å²) in [4.78, 5) is 11.4. The summed E-state index contributed by atoms with van der Waals surface area (Å²) in [6.07, 6.45) is 4.87. The van der Waals surface area contributed by atoms with Crippen LogP contribution in [0.15, 0.2) is 53.7 Å². The Morgan fingerprint density at radius 1 is 1.10 bits per heavy atom. The van der Waals surface area contributed by atoms with Gasteiger partial charge in [-0.1, -0.05) is 36.4 Å². The van der Waals surface area contributed by atoms with Crippen LogP contribution < -0.4 is 15.5 Å². The number of pyridine rings is 1. The molecule has 2 aromatic rings. The molecule has 1 aromatic heterocycles. The number of ether oxygens (including phenoxy) is 1. The molecule has 1 saturated carbocycles. The van der Waals surface area contributed by atoms with Crippen molar-refractivity contribution in [1.82, 2.24) is 15.6 Å². The van der Waals surface area contributed by atoms with Gasteiger partial charge in [0, 0.05) is 44.8 Å². The average Bonchev–Trinajstić information content (AvgIpc) is 3.55. The van der Waals surface area contributed by atoms with Crippen LogP contribution in [0, 0.1) is 0 Å². The van der Waals surface area contributed by atoms with E-state index in [9.17, 15) is 0 Å². The number of rotatable bonds is 6. The Kier molecular flexibility index (Phi) is 8.16. The minimum atomic E-state index is 0. The van der Waals surface area contributed by atoms with Crippen LogP contribution in [0.4, 0.5) is 5.82 Å². The minimum absolute atomic E-state index is 0. The topological polar surface area (TPSA) is 61.8 Å². The van der Waals surface area contributed by atoms with E-state index in [2.05, 4.69) is 81.8 Å². The molecule has 2 heterocycles. The van der Waals surface area contributed by atoms with E-state index in [4.69, 9.17) is 4.74 Å². The third kappa shape index (κ3) is 6.10. The molecule has 1 saturated heterocycles. The van der Waals surface area contributed by atoms with Crippen molar-refractivity contribution in [3.05, 3.63) is 59.8 Å². The van der Waals surface area contributed by atoms with Crippen LogP contribution >= 0.6 is 24.0 Å². The molecule has 4 rings (SSSR count). The Morgan fingerprint density at radius 3 is 2.39 bits per heavy atom. The van der Waals surface area contributed by atoms with E-state index in [1.54, 1.807) is 0 Å². The molecule has 0 bridgehead atoms. The zero-order valence-electron chi connectivity index (χ0n) is 18.7. The molecule has 2 fully saturated rings. The predicted octanol–water partition coefficient (Wildman–Crippen LogP) is 3.71. The molecular formula is C24H34IN5O. The van der Waals surface area contributed by atoms with E-state index in [1.165, 1.54) is 18.4 Å². The lowest BCUT2D eigenvalue weighted by atomic mass is 9.96. The monoisotopic (exact) mass is 535 g/mol. The Hall–Kier alpha value is -1.87. The molecule has 1 aromatic carbocycles. The van der Waals surface area contributed by atoms with Crippen molar-refractivity contribution in [2.75, 3.05) is 31.6 Å². The maximum Gasteiger partial charge on any atom is 0.191 e. The van der Waals surface area contributed by atoms with Gasteiger partial charge in [0.05, 0.1) is 12.2 Å². The SMILES string of the molecule is CN=C(NCc1ccc(N2CC(C)OC(C)C2)nc1)NCC1(c2ccccc2)CC1.I. The molecule has 0 radical (unpaired) electrons. The van der Waals surface area contributed by atoms with Gasteiger partial charge in [0.25, 0.3) is 0 Å². The number of nitrogens with zero attached hydrogens (tertiary/aromatic N) is 3. The van der Waals surface area contributed by atoms with E-state index in [1.807, 2.05) is 13.2 Å². The standard InChI is InChI=1S/C24H33N5O.HI/c1-18-15-29(16-19(2)30-18)22-10-9-20(13-26-22)14-27-23(25-3)28-17-24(11-12-24)21-7-5-4-6-8-21;/h4-10,13,18-19H,11-12,14-17H2,1-3H3,(H2,25,27,28);1H. The molecule has 168 valence electrons. The van der Waals surface area contributed by atoms with Gasteiger partial charge in [-0.05, 0) is 43.9 Å². The van der Waals surface area contributed by atoms with Crippen LogP contribution in [0.25, 0.3) is 0 Å². The number of halogens is 1. The molecule has 7 heteroatoms. The lowest BCUT2D eigenvalue weighted by Crippen LogP contribution is -2.45. The smallest absolute Gasteiger partial charge is 0.191 e. The van der Waals surface area contributed by atoms with Crippen molar-refractivity contribution in [2.24, 2.45) is 4.99 Å². The second-order valence-corrected chi connectivity index (χ2v) is 8.61. The highest BCUT2D eigenvalue weighted by atomic mass is 127. The molecule has 2 N–H and O–H groups in total. The highest BCUT2D eigenvalue weighted by Gasteiger charge is 2.44. The van der Waals surface area contributed by atoms with Gasteiger partial charge in [-0.3, -0.25) is 4.99 Å². The first-order chi connectivity index (χ1) is 14.6. The zero-order chi connectivity index (χ0) is 21.0. The lowest BCUT2D eigenvalue weighted by Gasteiger charge is -2.36. The maximum atomic E-state index is 5.82. The van der Waals surface area contributed by atoms with Crippen LogP contribution in [0.1, 0.15) is 37.8 Å². The van der Waals surface area contributed by atoms with Crippen LogP contribution in [-0.2, 0) is 16.7 Å². The van der Waals surface area contributed by atoms with Gasteiger partial charge in [0.1, 0.15) is 5.82 Å². The normalized spacial score (nSPS) is 22.4. The number of benzene rings is 1. The Balaban J connectivity index is 0.00000272. The van der Waals surface area contributed by atoms with Gasteiger partial charge < -0.3 is 20.3 Å². The summed E-state index contributed by atoms with van der Waals surface area (Å²) in [6, 6.07) is 15.0.